The van der Waals surface area contributed by atoms with E-state index < -0.39 is 29.7 Å². The van der Waals surface area contributed by atoms with Gasteiger partial charge in [-0.3, -0.25) is 14.4 Å². The molecule has 0 spiro atoms. The Kier molecular flexibility index (Phi) is 12.4. The Balaban J connectivity index is 2.31. The van der Waals surface area contributed by atoms with Crippen molar-refractivity contribution in [3.63, 3.8) is 0 Å². The Labute approximate surface area is 206 Å². The summed E-state index contributed by atoms with van der Waals surface area (Å²) < 4.78 is 5.13. The van der Waals surface area contributed by atoms with Gasteiger partial charge in [-0.25, -0.2) is 9.78 Å². The first-order chi connectivity index (χ1) is 15.8. The third kappa shape index (κ3) is 11.7. The largest absolute Gasteiger partial charge is 0.444 e. The van der Waals surface area contributed by atoms with Gasteiger partial charge in [-0.15, -0.1) is 11.3 Å². The second-order valence-corrected chi connectivity index (χ2v) is 10.8. The highest BCUT2D eigenvalue weighted by Gasteiger charge is 2.25. The molecule has 0 aromatic carbocycles. The highest BCUT2D eigenvalue weighted by Crippen LogP contribution is 2.16. The van der Waals surface area contributed by atoms with Crippen LogP contribution in [0.2, 0.25) is 0 Å². The molecule has 0 aliphatic heterocycles. The van der Waals surface area contributed by atoms with Gasteiger partial charge in [0.15, 0.2) is 11.6 Å². The Morgan fingerprint density at radius 1 is 1.03 bits per heavy atom. The third-order valence-corrected chi connectivity index (χ3v) is 6.13. The fourth-order valence-electron chi connectivity index (χ4n) is 3.08. The molecule has 0 aliphatic carbocycles. The van der Waals surface area contributed by atoms with Crippen molar-refractivity contribution in [3.05, 3.63) is 16.1 Å². The van der Waals surface area contributed by atoms with Crippen molar-refractivity contribution in [2.45, 2.75) is 104 Å². The van der Waals surface area contributed by atoms with E-state index in [1.807, 2.05) is 0 Å². The zero-order chi connectivity index (χ0) is 25.9. The van der Waals surface area contributed by atoms with Crippen LogP contribution in [0.15, 0.2) is 6.20 Å². The van der Waals surface area contributed by atoms with Crippen LogP contribution >= 0.6 is 11.3 Å². The van der Waals surface area contributed by atoms with E-state index in [1.165, 1.54) is 11.3 Å². The van der Waals surface area contributed by atoms with Gasteiger partial charge in [0.1, 0.15) is 5.60 Å². The number of aliphatic hydroxyl groups is 1. The molecule has 2 amide bonds. The number of unbranched alkanes of at least 4 members (excludes halogenated alkanes) is 2. The molecule has 1 rings (SSSR count). The maximum atomic E-state index is 12.4. The van der Waals surface area contributed by atoms with Crippen molar-refractivity contribution < 1.29 is 29.0 Å². The summed E-state index contributed by atoms with van der Waals surface area (Å²) in [6.07, 6.45) is 4.61. The molecule has 1 heterocycles. The fraction of sp³-hybridized carbons (Fsp3) is 0.708. The van der Waals surface area contributed by atoms with E-state index in [4.69, 9.17) is 9.84 Å². The van der Waals surface area contributed by atoms with E-state index in [1.54, 1.807) is 47.7 Å². The van der Waals surface area contributed by atoms with E-state index in [9.17, 15) is 19.2 Å². The SMILES string of the molecule is C[C@H](CC(=O)[C@H](C)NC(=O)OC(C)(C)C)C(=O)N[C@@H](C)C(=O)CCCCCc1ncc(CO)s1. The van der Waals surface area contributed by atoms with Gasteiger partial charge >= 0.3 is 6.09 Å². The number of thiazole rings is 1. The number of aromatic nitrogens is 1. The molecule has 0 unspecified atom stereocenters. The minimum absolute atomic E-state index is 0.00452. The predicted molar refractivity (Wildman–Crippen MR) is 130 cm³/mol. The number of aliphatic hydroxyl groups excluding tert-OH is 1. The van der Waals surface area contributed by atoms with Gasteiger partial charge in [0, 0.05) is 25.0 Å². The minimum Gasteiger partial charge on any atom is -0.444 e. The summed E-state index contributed by atoms with van der Waals surface area (Å²) in [5.74, 6) is -1.35. The fourth-order valence-corrected chi connectivity index (χ4v) is 3.90. The molecule has 1 aromatic rings. The molecule has 10 heteroatoms. The number of carbonyl (C=O) groups is 4. The third-order valence-electron chi connectivity index (χ3n) is 5.08. The highest BCUT2D eigenvalue weighted by molar-refractivity contribution is 7.11. The normalized spacial score (nSPS) is 14.1. The first-order valence-corrected chi connectivity index (χ1v) is 12.5. The standard InChI is InChI=1S/C24H39N3O6S/c1-15(12-20(30)17(3)27-23(32)33-24(4,5)6)22(31)26-16(2)19(29)10-8-7-9-11-21-25-13-18(14-28)34-21/h13,15-17,28H,7-12,14H2,1-6H3,(H,26,31)(H,27,32)/t15-,16+,17+/m1/s1. The van der Waals surface area contributed by atoms with Gasteiger partial charge in [-0.2, -0.15) is 0 Å². The Morgan fingerprint density at radius 3 is 2.26 bits per heavy atom. The zero-order valence-electron chi connectivity index (χ0n) is 21.1. The molecule has 0 saturated heterocycles. The Hall–Kier alpha value is -2.33. The summed E-state index contributed by atoms with van der Waals surface area (Å²) in [6, 6.07) is -1.42. The summed E-state index contributed by atoms with van der Waals surface area (Å²) >= 11 is 1.50. The Bertz CT molecular complexity index is 833. The summed E-state index contributed by atoms with van der Waals surface area (Å²) in [4.78, 5) is 54.1. The zero-order valence-corrected chi connectivity index (χ0v) is 21.9. The highest BCUT2D eigenvalue weighted by atomic mass is 32.1. The van der Waals surface area contributed by atoms with Crippen LogP contribution < -0.4 is 10.6 Å². The van der Waals surface area contributed by atoms with Crippen LogP contribution in [0.4, 0.5) is 4.79 Å². The van der Waals surface area contributed by atoms with Gasteiger partial charge in [-0.05, 0) is 53.9 Å². The van der Waals surface area contributed by atoms with E-state index in [0.29, 0.717) is 6.42 Å². The average molecular weight is 498 g/mol. The predicted octanol–water partition coefficient (Wildman–Crippen LogP) is 3.32. The number of rotatable bonds is 14. The van der Waals surface area contributed by atoms with E-state index >= 15 is 0 Å². The number of ether oxygens (including phenoxy) is 1. The molecule has 0 aliphatic rings. The molecule has 0 saturated carbocycles. The second kappa shape index (κ2) is 14.2. The summed E-state index contributed by atoms with van der Waals surface area (Å²) in [7, 11) is 0. The van der Waals surface area contributed by atoms with Crippen molar-refractivity contribution in [3.8, 4) is 0 Å². The van der Waals surface area contributed by atoms with Gasteiger partial charge < -0.3 is 20.5 Å². The monoisotopic (exact) mass is 497 g/mol. The minimum atomic E-state index is -0.788. The number of Topliss-reactive ketones (excluding diaryl/α,β-unsaturated/α-hetero) is 2. The first kappa shape index (κ1) is 29.7. The molecule has 0 radical (unpaired) electrons. The van der Waals surface area contributed by atoms with Gasteiger partial charge in [0.25, 0.3) is 0 Å². The Morgan fingerprint density at radius 2 is 1.68 bits per heavy atom. The van der Waals surface area contributed by atoms with Crippen molar-refractivity contribution in [1.29, 1.82) is 0 Å². The summed E-state index contributed by atoms with van der Waals surface area (Å²) in [5, 5.41) is 15.2. The lowest BCUT2D eigenvalue weighted by Crippen LogP contribution is -2.44. The van der Waals surface area contributed by atoms with Crippen LogP contribution in [0.3, 0.4) is 0 Å². The number of nitrogens with zero attached hydrogens (tertiary/aromatic N) is 1. The number of nitrogens with one attached hydrogen (secondary N) is 2. The number of ketones is 2. The molecule has 3 N–H and O–H groups in total. The molecule has 9 nitrogen and oxygen atoms in total. The van der Waals surface area contributed by atoms with Crippen molar-refractivity contribution >= 4 is 34.9 Å². The number of hydrogen-bond donors (Lipinski definition) is 3. The van der Waals surface area contributed by atoms with Crippen LogP contribution in [-0.4, -0.2) is 51.3 Å². The number of carbonyl (C=O) groups excluding carboxylic acids is 4. The van der Waals surface area contributed by atoms with Crippen LogP contribution in [0.25, 0.3) is 0 Å². The lowest BCUT2D eigenvalue weighted by Gasteiger charge is -2.22. The van der Waals surface area contributed by atoms with Crippen molar-refractivity contribution in [1.82, 2.24) is 15.6 Å². The van der Waals surface area contributed by atoms with Crippen molar-refractivity contribution in [2.75, 3.05) is 0 Å². The quantitative estimate of drug-likeness (QED) is 0.336. The number of alkyl carbamates (subject to hydrolysis) is 1. The van der Waals surface area contributed by atoms with Crippen LogP contribution in [0, 0.1) is 5.92 Å². The van der Waals surface area contributed by atoms with E-state index in [0.717, 1.165) is 35.6 Å². The molecule has 3 atom stereocenters. The van der Waals surface area contributed by atoms with Gasteiger partial charge in [-0.1, -0.05) is 13.3 Å². The smallest absolute Gasteiger partial charge is 0.408 e. The second-order valence-electron chi connectivity index (χ2n) is 9.58. The van der Waals surface area contributed by atoms with E-state index in [-0.39, 0.29) is 30.5 Å². The van der Waals surface area contributed by atoms with Gasteiger partial charge in [0.2, 0.25) is 5.91 Å². The summed E-state index contributed by atoms with van der Waals surface area (Å²) in [6.45, 7) is 9.99. The van der Waals surface area contributed by atoms with Crippen LogP contribution in [0.1, 0.15) is 83.5 Å². The summed E-state index contributed by atoms with van der Waals surface area (Å²) in [5.41, 5.74) is -0.672. The topological polar surface area (TPSA) is 135 Å². The maximum Gasteiger partial charge on any atom is 0.408 e. The van der Waals surface area contributed by atoms with Crippen LogP contribution in [0.5, 0.6) is 0 Å². The number of amides is 2. The molecule has 0 bridgehead atoms. The average Bonchev–Trinajstić information content (AvgIpc) is 3.19. The molecule has 34 heavy (non-hydrogen) atoms. The lowest BCUT2D eigenvalue weighted by atomic mass is 9.99. The lowest BCUT2D eigenvalue weighted by molar-refractivity contribution is -0.132. The molecule has 0 fully saturated rings. The number of hydrogen-bond acceptors (Lipinski definition) is 8. The van der Waals surface area contributed by atoms with Gasteiger partial charge in [0.05, 0.1) is 28.6 Å². The molecular weight excluding hydrogens is 458 g/mol. The number of aryl methyl sites for hydroxylation is 1. The van der Waals surface area contributed by atoms with Crippen molar-refractivity contribution in [2.24, 2.45) is 5.92 Å². The van der Waals surface area contributed by atoms with E-state index in [2.05, 4.69) is 15.6 Å². The first-order valence-electron chi connectivity index (χ1n) is 11.7. The molecule has 1 aromatic heterocycles. The van der Waals surface area contributed by atoms with Crippen LogP contribution in [-0.2, 0) is 32.1 Å². The molecular formula is C24H39N3O6S. The maximum absolute atomic E-state index is 12.4. The molecule has 192 valence electrons.